The molecule has 1 aliphatic rings. The van der Waals surface area contributed by atoms with Gasteiger partial charge in [0.15, 0.2) is 0 Å². The van der Waals surface area contributed by atoms with Crippen molar-refractivity contribution in [1.29, 1.82) is 0 Å². The second-order valence-corrected chi connectivity index (χ2v) is 5.04. The highest BCUT2D eigenvalue weighted by atomic mass is 16.5. The molecule has 106 valence electrons. The number of hydrogen-bond acceptors (Lipinski definition) is 4. The number of anilines is 1. The van der Waals surface area contributed by atoms with Crippen LogP contribution in [0.1, 0.15) is 39.0 Å². The first kappa shape index (κ1) is 14.1. The summed E-state index contributed by atoms with van der Waals surface area (Å²) in [6.45, 7) is 3.95. The van der Waals surface area contributed by atoms with E-state index in [-0.39, 0.29) is 5.56 Å². The van der Waals surface area contributed by atoms with Gasteiger partial charge in [-0.05, 0) is 25.7 Å². The quantitative estimate of drug-likeness (QED) is 0.731. The van der Waals surface area contributed by atoms with Crippen molar-refractivity contribution in [2.75, 3.05) is 18.5 Å². The van der Waals surface area contributed by atoms with Crippen molar-refractivity contribution in [3.8, 4) is 0 Å². The summed E-state index contributed by atoms with van der Waals surface area (Å²) in [5.41, 5.74) is 0.765. The van der Waals surface area contributed by atoms with Gasteiger partial charge in [-0.2, -0.15) is 5.10 Å². The minimum Gasteiger partial charge on any atom is -0.381 e. The van der Waals surface area contributed by atoms with Gasteiger partial charge in [-0.3, -0.25) is 4.79 Å². The van der Waals surface area contributed by atoms with Crippen molar-refractivity contribution in [3.05, 3.63) is 22.6 Å². The average molecular weight is 265 g/mol. The van der Waals surface area contributed by atoms with Gasteiger partial charge < -0.3 is 10.1 Å². The van der Waals surface area contributed by atoms with E-state index in [1.807, 2.05) is 0 Å². The average Bonchev–Trinajstić information content (AvgIpc) is 2.36. The van der Waals surface area contributed by atoms with Crippen LogP contribution < -0.4 is 10.9 Å². The highest BCUT2D eigenvalue weighted by Gasteiger charge is 2.17. The van der Waals surface area contributed by atoms with E-state index in [0.717, 1.165) is 25.1 Å². The van der Waals surface area contributed by atoms with E-state index in [1.54, 1.807) is 12.3 Å². The molecule has 1 aliphatic carbocycles. The molecule has 0 radical (unpaired) electrons. The van der Waals surface area contributed by atoms with Gasteiger partial charge in [0.1, 0.15) is 0 Å². The van der Waals surface area contributed by atoms with Gasteiger partial charge in [-0.15, -0.1) is 0 Å². The van der Waals surface area contributed by atoms with E-state index < -0.39 is 0 Å². The van der Waals surface area contributed by atoms with E-state index in [1.165, 1.54) is 23.9 Å². The van der Waals surface area contributed by atoms with Crippen molar-refractivity contribution in [2.24, 2.45) is 0 Å². The molecule has 5 nitrogen and oxygen atoms in total. The SMILES string of the molecule is CCCCOCCn1ncc(NC2CCC2)cc1=O. The first-order valence-electron chi connectivity index (χ1n) is 7.21. The van der Waals surface area contributed by atoms with Gasteiger partial charge in [0.25, 0.3) is 5.56 Å². The molecule has 0 aliphatic heterocycles. The summed E-state index contributed by atoms with van der Waals surface area (Å²) in [4.78, 5) is 11.9. The third-order valence-electron chi connectivity index (χ3n) is 3.44. The summed E-state index contributed by atoms with van der Waals surface area (Å²) in [7, 11) is 0. The second kappa shape index (κ2) is 7.28. The standard InChI is InChI=1S/C14H23N3O2/c1-2-3-8-19-9-7-17-14(18)10-13(11-15-17)16-12-5-4-6-12/h10-12,16H,2-9H2,1H3. The molecule has 1 N–H and O–H groups in total. The fourth-order valence-electron chi connectivity index (χ4n) is 1.97. The molecule has 5 heteroatoms. The van der Waals surface area contributed by atoms with Crippen molar-refractivity contribution in [2.45, 2.75) is 51.6 Å². The third kappa shape index (κ3) is 4.35. The molecule has 1 saturated carbocycles. The summed E-state index contributed by atoms with van der Waals surface area (Å²) < 4.78 is 6.90. The molecule has 0 amide bonds. The molecule has 0 saturated heterocycles. The number of ether oxygens (including phenoxy) is 1. The Bertz CT molecular complexity index is 441. The Morgan fingerprint density at radius 3 is 2.95 bits per heavy atom. The smallest absolute Gasteiger partial charge is 0.268 e. The fourth-order valence-corrected chi connectivity index (χ4v) is 1.97. The molecule has 0 spiro atoms. The third-order valence-corrected chi connectivity index (χ3v) is 3.44. The predicted octanol–water partition coefficient (Wildman–Crippen LogP) is 2.02. The van der Waals surface area contributed by atoms with Crippen LogP contribution in [-0.4, -0.2) is 29.0 Å². The molecule has 0 aromatic carbocycles. The van der Waals surface area contributed by atoms with Crippen LogP contribution in [0.5, 0.6) is 0 Å². The zero-order chi connectivity index (χ0) is 13.5. The second-order valence-electron chi connectivity index (χ2n) is 5.04. The first-order valence-corrected chi connectivity index (χ1v) is 7.21. The lowest BCUT2D eigenvalue weighted by Crippen LogP contribution is -2.29. The lowest BCUT2D eigenvalue weighted by Gasteiger charge is -2.27. The zero-order valence-electron chi connectivity index (χ0n) is 11.6. The maximum atomic E-state index is 11.9. The number of unbranched alkanes of at least 4 members (excludes halogenated alkanes) is 1. The first-order chi connectivity index (χ1) is 9.29. The van der Waals surface area contributed by atoms with Crippen molar-refractivity contribution < 1.29 is 4.74 Å². The molecule has 0 unspecified atom stereocenters. The van der Waals surface area contributed by atoms with Gasteiger partial charge in [-0.1, -0.05) is 13.3 Å². The number of aromatic nitrogens is 2. The highest BCUT2D eigenvalue weighted by molar-refractivity contribution is 5.40. The zero-order valence-corrected chi connectivity index (χ0v) is 11.6. The molecular formula is C14H23N3O2. The Morgan fingerprint density at radius 1 is 1.47 bits per heavy atom. The number of nitrogens with one attached hydrogen (secondary N) is 1. The molecular weight excluding hydrogens is 242 g/mol. The van der Waals surface area contributed by atoms with Gasteiger partial charge >= 0.3 is 0 Å². The lowest BCUT2D eigenvalue weighted by atomic mass is 9.93. The molecule has 1 aromatic rings. The number of hydrogen-bond donors (Lipinski definition) is 1. The Hall–Kier alpha value is -1.36. The van der Waals surface area contributed by atoms with Gasteiger partial charge in [0.05, 0.1) is 25.0 Å². The van der Waals surface area contributed by atoms with Crippen molar-refractivity contribution in [3.63, 3.8) is 0 Å². The summed E-state index contributed by atoms with van der Waals surface area (Å²) in [5, 5.41) is 7.49. The molecule has 0 atom stereocenters. The monoisotopic (exact) mass is 265 g/mol. The minimum atomic E-state index is -0.0663. The Balaban J connectivity index is 1.79. The van der Waals surface area contributed by atoms with E-state index in [9.17, 15) is 4.79 Å². The van der Waals surface area contributed by atoms with Gasteiger partial charge in [-0.25, -0.2) is 4.68 Å². The topological polar surface area (TPSA) is 56.1 Å². The van der Waals surface area contributed by atoms with Crippen LogP contribution in [0.3, 0.4) is 0 Å². The van der Waals surface area contributed by atoms with Crippen LogP contribution in [0, 0.1) is 0 Å². The molecule has 2 rings (SSSR count). The summed E-state index contributed by atoms with van der Waals surface area (Å²) in [5.74, 6) is 0. The van der Waals surface area contributed by atoms with Crippen molar-refractivity contribution in [1.82, 2.24) is 9.78 Å². The van der Waals surface area contributed by atoms with Crippen LogP contribution >= 0.6 is 0 Å². The molecule has 1 fully saturated rings. The Morgan fingerprint density at radius 2 is 2.32 bits per heavy atom. The maximum Gasteiger partial charge on any atom is 0.268 e. The van der Waals surface area contributed by atoms with Crippen LogP contribution in [-0.2, 0) is 11.3 Å². The minimum absolute atomic E-state index is 0.0663. The molecule has 19 heavy (non-hydrogen) atoms. The fraction of sp³-hybridized carbons (Fsp3) is 0.714. The highest BCUT2D eigenvalue weighted by Crippen LogP contribution is 2.21. The summed E-state index contributed by atoms with van der Waals surface area (Å²) in [6, 6.07) is 2.15. The Labute approximate surface area is 114 Å². The summed E-state index contributed by atoms with van der Waals surface area (Å²) >= 11 is 0. The molecule has 1 heterocycles. The van der Waals surface area contributed by atoms with E-state index in [4.69, 9.17) is 4.74 Å². The van der Waals surface area contributed by atoms with Crippen molar-refractivity contribution >= 4 is 5.69 Å². The summed E-state index contributed by atoms with van der Waals surface area (Å²) in [6.07, 6.45) is 7.57. The van der Waals surface area contributed by atoms with Crippen LogP contribution in [0.25, 0.3) is 0 Å². The van der Waals surface area contributed by atoms with Gasteiger partial charge in [0.2, 0.25) is 0 Å². The van der Waals surface area contributed by atoms with E-state index in [2.05, 4.69) is 17.3 Å². The molecule has 1 aromatic heterocycles. The number of nitrogens with zero attached hydrogens (tertiary/aromatic N) is 2. The Kier molecular flexibility index (Phi) is 5.39. The molecule has 0 bridgehead atoms. The van der Waals surface area contributed by atoms with E-state index >= 15 is 0 Å². The largest absolute Gasteiger partial charge is 0.381 e. The van der Waals surface area contributed by atoms with Crippen LogP contribution in [0.15, 0.2) is 17.1 Å². The lowest BCUT2D eigenvalue weighted by molar-refractivity contribution is 0.120. The van der Waals surface area contributed by atoms with Crippen LogP contribution in [0.4, 0.5) is 5.69 Å². The van der Waals surface area contributed by atoms with Gasteiger partial charge in [0, 0.05) is 18.7 Å². The normalized spacial score (nSPS) is 15.2. The maximum absolute atomic E-state index is 11.9. The number of rotatable bonds is 8. The van der Waals surface area contributed by atoms with Crippen LogP contribution in [0.2, 0.25) is 0 Å². The predicted molar refractivity (Wildman–Crippen MR) is 75.5 cm³/mol. The van der Waals surface area contributed by atoms with E-state index in [0.29, 0.717) is 19.2 Å².